The second-order valence-electron chi connectivity index (χ2n) is 2.38. The van der Waals surface area contributed by atoms with Gasteiger partial charge in [-0.2, -0.15) is 5.06 Å². The molecule has 0 saturated carbocycles. The third kappa shape index (κ3) is 2.28. The first-order chi connectivity index (χ1) is 5.22. The fourth-order valence-electron chi connectivity index (χ4n) is 0.800. The van der Waals surface area contributed by atoms with E-state index in [9.17, 15) is 0 Å². The minimum atomic E-state index is 0.417. The van der Waals surface area contributed by atoms with Crippen LogP contribution in [0.5, 0.6) is 0 Å². The number of hydroxylamine groups is 2. The largest absolute Gasteiger partial charge is 0.314 e. The molecule has 5 heteroatoms. The van der Waals surface area contributed by atoms with Crippen molar-refractivity contribution in [1.29, 1.82) is 0 Å². The molecule has 1 N–H and O–H groups in total. The van der Waals surface area contributed by atoms with Gasteiger partial charge < -0.3 is 5.21 Å². The van der Waals surface area contributed by atoms with Crippen LogP contribution in [0.4, 0.5) is 0 Å². The zero-order valence-electron chi connectivity index (χ0n) is 6.73. The molecule has 1 aromatic heterocycles. The first-order valence-electron chi connectivity index (χ1n) is 3.51. The molecule has 1 aromatic rings. The van der Waals surface area contributed by atoms with E-state index in [0.29, 0.717) is 6.54 Å². The van der Waals surface area contributed by atoms with Crippen molar-refractivity contribution >= 4 is 0 Å². The highest BCUT2D eigenvalue weighted by Crippen LogP contribution is 1.95. The van der Waals surface area contributed by atoms with Gasteiger partial charge in [-0.3, -0.25) is 4.68 Å². The van der Waals surface area contributed by atoms with Crippen LogP contribution in [0, 0.1) is 0 Å². The second kappa shape index (κ2) is 3.45. The Bertz CT molecular complexity index is 220. The van der Waals surface area contributed by atoms with Crippen LogP contribution in [0.2, 0.25) is 0 Å². The maximum absolute atomic E-state index is 8.84. The first-order valence-corrected chi connectivity index (χ1v) is 3.51. The molecule has 0 aromatic carbocycles. The molecule has 1 rings (SSSR count). The van der Waals surface area contributed by atoms with Crippen molar-refractivity contribution in [1.82, 2.24) is 20.1 Å². The van der Waals surface area contributed by atoms with Gasteiger partial charge in [-0.1, -0.05) is 5.21 Å². The fraction of sp³-hybridized carbons (Fsp3) is 0.667. The molecule has 0 aliphatic carbocycles. The third-order valence-corrected chi connectivity index (χ3v) is 1.30. The Morgan fingerprint density at radius 3 is 2.91 bits per heavy atom. The normalized spacial score (nSPS) is 10.9. The summed E-state index contributed by atoms with van der Waals surface area (Å²) in [5, 5.41) is 17.6. The van der Waals surface area contributed by atoms with Crippen LogP contribution in [-0.4, -0.2) is 32.3 Å². The van der Waals surface area contributed by atoms with Gasteiger partial charge in [0.25, 0.3) is 0 Å². The van der Waals surface area contributed by atoms with Gasteiger partial charge in [0.2, 0.25) is 0 Å². The number of aryl methyl sites for hydroxylation is 1. The van der Waals surface area contributed by atoms with Gasteiger partial charge >= 0.3 is 0 Å². The van der Waals surface area contributed by atoms with Crippen LogP contribution in [-0.2, 0) is 13.1 Å². The van der Waals surface area contributed by atoms with E-state index in [-0.39, 0.29) is 0 Å². The van der Waals surface area contributed by atoms with Gasteiger partial charge in [-0.15, -0.1) is 5.10 Å². The molecule has 62 valence electrons. The molecule has 0 radical (unpaired) electrons. The predicted octanol–water partition coefficient (Wildman–Crippen LogP) is 0.119. The Kier molecular flexibility index (Phi) is 2.56. The molecule has 0 aliphatic heterocycles. The highest BCUT2D eigenvalue weighted by molar-refractivity contribution is 4.90. The minimum absolute atomic E-state index is 0.417. The summed E-state index contributed by atoms with van der Waals surface area (Å²) in [6.07, 6.45) is 1.81. The topological polar surface area (TPSA) is 54.2 Å². The molecule has 0 bridgehead atoms. The lowest BCUT2D eigenvalue weighted by Gasteiger charge is -2.02. The highest BCUT2D eigenvalue weighted by Gasteiger charge is 2.00. The lowest BCUT2D eigenvalue weighted by molar-refractivity contribution is -0.0740. The van der Waals surface area contributed by atoms with Crippen LogP contribution in [0.25, 0.3) is 0 Å². The summed E-state index contributed by atoms with van der Waals surface area (Å²) in [5.41, 5.74) is 0.775. The number of hydrogen-bond acceptors (Lipinski definition) is 4. The third-order valence-electron chi connectivity index (χ3n) is 1.30. The first kappa shape index (κ1) is 8.16. The van der Waals surface area contributed by atoms with Crippen molar-refractivity contribution in [3.8, 4) is 0 Å². The lowest BCUT2D eigenvalue weighted by atomic mass is 10.5. The van der Waals surface area contributed by atoms with Crippen LogP contribution in [0.3, 0.4) is 0 Å². The van der Waals surface area contributed by atoms with Gasteiger partial charge in [0, 0.05) is 19.8 Å². The van der Waals surface area contributed by atoms with Crippen molar-refractivity contribution in [2.75, 3.05) is 7.05 Å². The standard InChI is InChI=1S/C6H12N4O/c1-3-10-5-6(7-8-10)4-9(2)11/h5,11H,3-4H2,1-2H3. The van der Waals surface area contributed by atoms with E-state index in [1.54, 1.807) is 11.7 Å². The summed E-state index contributed by atoms with van der Waals surface area (Å²) in [7, 11) is 1.57. The van der Waals surface area contributed by atoms with Crippen LogP contribution >= 0.6 is 0 Å². The highest BCUT2D eigenvalue weighted by atomic mass is 16.5. The van der Waals surface area contributed by atoms with Crippen molar-refractivity contribution < 1.29 is 5.21 Å². The summed E-state index contributed by atoms with van der Waals surface area (Å²) in [6, 6.07) is 0. The van der Waals surface area contributed by atoms with Crippen molar-refractivity contribution in [2.24, 2.45) is 0 Å². The quantitative estimate of drug-likeness (QED) is 0.631. The second-order valence-corrected chi connectivity index (χ2v) is 2.38. The molecule has 0 amide bonds. The van der Waals surface area contributed by atoms with Gasteiger partial charge in [0.05, 0.1) is 12.2 Å². The van der Waals surface area contributed by atoms with Crippen LogP contribution in [0.15, 0.2) is 6.20 Å². The van der Waals surface area contributed by atoms with Gasteiger partial charge in [-0.25, -0.2) is 0 Å². The molecule has 11 heavy (non-hydrogen) atoms. The molecule has 0 aliphatic rings. The lowest BCUT2D eigenvalue weighted by Crippen LogP contribution is -2.11. The van der Waals surface area contributed by atoms with E-state index >= 15 is 0 Å². The number of nitrogens with zero attached hydrogens (tertiary/aromatic N) is 4. The van der Waals surface area contributed by atoms with E-state index < -0.39 is 0 Å². The van der Waals surface area contributed by atoms with Gasteiger partial charge in [-0.05, 0) is 6.92 Å². The molecular formula is C6H12N4O. The van der Waals surface area contributed by atoms with E-state index in [1.165, 1.54) is 0 Å². The summed E-state index contributed by atoms with van der Waals surface area (Å²) in [4.78, 5) is 0. The Morgan fingerprint density at radius 2 is 2.45 bits per heavy atom. The molecule has 0 fully saturated rings. The van der Waals surface area contributed by atoms with E-state index in [2.05, 4.69) is 10.3 Å². The molecule has 0 atom stereocenters. The average molecular weight is 156 g/mol. The maximum Gasteiger partial charge on any atom is 0.0991 e. The Hall–Kier alpha value is -0.940. The van der Waals surface area contributed by atoms with E-state index in [1.807, 2.05) is 13.1 Å². The van der Waals surface area contributed by atoms with E-state index in [4.69, 9.17) is 5.21 Å². The predicted molar refractivity (Wildman–Crippen MR) is 38.9 cm³/mol. The Labute approximate surface area is 65.2 Å². The number of rotatable bonds is 3. The maximum atomic E-state index is 8.84. The molecular weight excluding hydrogens is 144 g/mol. The smallest absolute Gasteiger partial charge is 0.0991 e. The molecule has 5 nitrogen and oxygen atoms in total. The molecule has 0 unspecified atom stereocenters. The Morgan fingerprint density at radius 1 is 1.73 bits per heavy atom. The van der Waals surface area contributed by atoms with Crippen LogP contribution < -0.4 is 0 Å². The molecule has 0 saturated heterocycles. The van der Waals surface area contributed by atoms with Crippen LogP contribution in [0.1, 0.15) is 12.6 Å². The average Bonchev–Trinajstić information content (AvgIpc) is 2.34. The van der Waals surface area contributed by atoms with Crippen molar-refractivity contribution in [3.05, 3.63) is 11.9 Å². The fourth-order valence-corrected chi connectivity index (χ4v) is 0.800. The van der Waals surface area contributed by atoms with E-state index in [0.717, 1.165) is 17.3 Å². The van der Waals surface area contributed by atoms with Gasteiger partial charge in [0.1, 0.15) is 0 Å². The zero-order chi connectivity index (χ0) is 8.27. The summed E-state index contributed by atoms with van der Waals surface area (Å²) in [6.45, 7) is 3.21. The van der Waals surface area contributed by atoms with Crippen molar-refractivity contribution in [2.45, 2.75) is 20.0 Å². The van der Waals surface area contributed by atoms with Gasteiger partial charge in [0.15, 0.2) is 0 Å². The van der Waals surface area contributed by atoms with Crippen molar-refractivity contribution in [3.63, 3.8) is 0 Å². The summed E-state index contributed by atoms with van der Waals surface area (Å²) >= 11 is 0. The number of hydrogen-bond donors (Lipinski definition) is 1. The molecule has 0 spiro atoms. The summed E-state index contributed by atoms with van der Waals surface area (Å²) < 4.78 is 1.72. The minimum Gasteiger partial charge on any atom is -0.314 e. The summed E-state index contributed by atoms with van der Waals surface area (Å²) in [5.74, 6) is 0. The zero-order valence-corrected chi connectivity index (χ0v) is 6.73. The monoisotopic (exact) mass is 156 g/mol. The Balaban J connectivity index is 2.58. The molecule has 1 heterocycles. The SMILES string of the molecule is CCn1cc(CN(C)O)nn1. The number of aromatic nitrogens is 3.